The molecule has 0 bridgehead atoms. The van der Waals surface area contributed by atoms with Crippen molar-refractivity contribution in [1.82, 2.24) is 9.88 Å². The predicted octanol–water partition coefficient (Wildman–Crippen LogP) is 6.77. The molecule has 5 rings (SSSR count). The molecule has 0 amide bonds. The Labute approximate surface area is 229 Å². The van der Waals surface area contributed by atoms with Crippen molar-refractivity contribution in [3.63, 3.8) is 0 Å². The minimum absolute atomic E-state index is 0.0629. The number of hydrogen-bond acceptors (Lipinski definition) is 4. The number of benzene rings is 3. The Hall–Kier alpha value is -3.90. The molecule has 6 heteroatoms. The normalized spacial score (nSPS) is 14.1. The van der Waals surface area contributed by atoms with Crippen molar-refractivity contribution in [2.45, 2.75) is 58.0 Å². The lowest BCUT2D eigenvalue weighted by Crippen LogP contribution is -2.29. The molecule has 202 valence electrons. The van der Waals surface area contributed by atoms with Crippen LogP contribution in [0.4, 0.5) is 0 Å². The highest BCUT2D eigenvalue weighted by molar-refractivity contribution is 6.03. The molecule has 0 saturated heterocycles. The summed E-state index contributed by atoms with van der Waals surface area (Å²) < 4.78 is 8.09. The van der Waals surface area contributed by atoms with Gasteiger partial charge in [-0.15, -0.1) is 0 Å². The first kappa shape index (κ1) is 26.7. The van der Waals surface area contributed by atoms with Crippen LogP contribution in [-0.4, -0.2) is 40.6 Å². The molecule has 1 aliphatic carbocycles. The highest BCUT2D eigenvalue weighted by Gasteiger charge is 2.20. The van der Waals surface area contributed by atoms with Gasteiger partial charge in [-0.2, -0.15) is 0 Å². The van der Waals surface area contributed by atoms with Crippen molar-refractivity contribution < 1.29 is 19.4 Å². The second-order valence-corrected chi connectivity index (χ2v) is 11.4. The maximum absolute atomic E-state index is 13.3. The van der Waals surface area contributed by atoms with E-state index < -0.39 is 5.97 Å². The van der Waals surface area contributed by atoms with Gasteiger partial charge in [-0.1, -0.05) is 51.1 Å². The lowest BCUT2D eigenvalue weighted by Gasteiger charge is -2.19. The van der Waals surface area contributed by atoms with Crippen LogP contribution in [0.5, 0.6) is 5.75 Å². The molecule has 1 aromatic heterocycles. The van der Waals surface area contributed by atoms with Gasteiger partial charge < -0.3 is 14.4 Å². The second kappa shape index (κ2) is 11.1. The Kier molecular flexibility index (Phi) is 7.58. The molecule has 0 aliphatic heterocycles. The zero-order valence-corrected chi connectivity index (χ0v) is 22.9. The van der Waals surface area contributed by atoms with Gasteiger partial charge in [0.15, 0.2) is 5.78 Å². The molecular formula is C33H36N2O4. The Balaban J connectivity index is 1.50. The summed E-state index contributed by atoms with van der Waals surface area (Å²) in [5, 5.41) is 12.7. The van der Waals surface area contributed by atoms with Gasteiger partial charge in [0, 0.05) is 11.1 Å². The third-order valence-corrected chi connectivity index (χ3v) is 7.43. The first-order valence-electron chi connectivity index (χ1n) is 13.7. The van der Waals surface area contributed by atoms with E-state index in [-0.39, 0.29) is 30.4 Å². The maximum atomic E-state index is 13.3. The van der Waals surface area contributed by atoms with Crippen LogP contribution in [0.1, 0.15) is 62.5 Å². The van der Waals surface area contributed by atoms with E-state index in [0.717, 1.165) is 46.3 Å². The summed E-state index contributed by atoms with van der Waals surface area (Å²) in [5.41, 5.74) is 5.82. The summed E-state index contributed by atoms with van der Waals surface area (Å²) in [7, 11) is 0. The molecule has 0 spiro atoms. The Morgan fingerprint density at radius 3 is 2.21 bits per heavy atom. The van der Waals surface area contributed by atoms with Crippen LogP contribution in [0.15, 0.2) is 72.8 Å². The summed E-state index contributed by atoms with van der Waals surface area (Å²) in [5.74, 6) is -0.336. The van der Waals surface area contributed by atoms with Crippen molar-refractivity contribution in [2.75, 3.05) is 13.1 Å². The number of Topliss-reactive ketones (excluding diaryl/α,β-unsaturated/α-hetero) is 1. The van der Waals surface area contributed by atoms with E-state index in [4.69, 9.17) is 9.84 Å². The van der Waals surface area contributed by atoms with Gasteiger partial charge in [0.25, 0.3) is 0 Å². The fraction of sp³-hybridized carbons (Fsp3) is 0.333. The van der Waals surface area contributed by atoms with E-state index in [1.807, 2.05) is 41.0 Å². The molecule has 1 aliphatic rings. The number of aliphatic carboxylic acids is 1. The van der Waals surface area contributed by atoms with E-state index in [1.54, 1.807) is 0 Å². The number of fused-ring (bicyclic) bond motifs is 1. The number of ether oxygens (including phenoxy) is 1. The zero-order chi connectivity index (χ0) is 27.6. The standard InChI is InChI=1S/C33H36N2O4/c1-33(2,3)25-11-8-22(9-12-25)23-10-17-29-24(18-23)19-30(31(36)20-34-21-32(37)38)35(29)26-13-15-28(16-14-26)39-27-6-4-5-7-27/h8-19,27,34H,4-7,20-21H2,1-3H3,(H,37,38). The molecule has 6 nitrogen and oxygen atoms in total. The Bertz CT molecular complexity index is 1470. The summed E-state index contributed by atoms with van der Waals surface area (Å²) in [6.07, 6.45) is 4.88. The average molecular weight is 525 g/mol. The predicted molar refractivity (Wildman–Crippen MR) is 155 cm³/mol. The first-order valence-corrected chi connectivity index (χ1v) is 13.7. The highest BCUT2D eigenvalue weighted by atomic mass is 16.5. The molecule has 4 aromatic rings. The SMILES string of the molecule is CC(C)(C)c1ccc(-c2ccc3c(c2)cc(C(=O)CNCC(=O)O)n3-c2ccc(OC3CCCC3)cc2)cc1. The zero-order valence-electron chi connectivity index (χ0n) is 22.9. The number of nitrogens with one attached hydrogen (secondary N) is 1. The Morgan fingerprint density at radius 2 is 1.56 bits per heavy atom. The van der Waals surface area contributed by atoms with Crippen molar-refractivity contribution >= 4 is 22.7 Å². The van der Waals surface area contributed by atoms with E-state index in [9.17, 15) is 9.59 Å². The largest absolute Gasteiger partial charge is 0.490 e. The highest BCUT2D eigenvalue weighted by Crippen LogP contribution is 2.32. The van der Waals surface area contributed by atoms with Gasteiger partial charge in [0.05, 0.1) is 30.4 Å². The first-order chi connectivity index (χ1) is 18.7. The number of carbonyl (C=O) groups excluding carboxylic acids is 1. The molecule has 39 heavy (non-hydrogen) atoms. The summed E-state index contributed by atoms with van der Waals surface area (Å²) in [6, 6.07) is 24.6. The molecule has 1 heterocycles. The third-order valence-electron chi connectivity index (χ3n) is 7.43. The van der Waals surface area contributed by atoms with E-state index in [1.165, 1.54) is 18.4 Å². The van der Waals surface area contributed by atoms with Crippen LogP contribution in [0.2, 0.25) is 0 Å². The average Bonchev–Trinajstić information content (AvgIpc) is 3.56. The molecule has 1 saturated carbocycles. The van der Waals surface area contributed by atoms with Crippen LogP contribution in [0.25, 0.3) is 27.7 Å². The summed E-state index contributed by atoms with van der Waals surface area (Å²) >= 11 is 0. The molecule has 1 fully saturated rings. The quantitative estimate of drug-likeness (QED) is 0.236. The van der Waals surface area contributed by atoms with E-state index in [2.05, 4.69) is 62.5 Å². The number of ketones is 1. The van der Waals surface area contributed by atoms with Crippen LogP contribution < -0.4 is 10.1 Å². The van der Waals surface area contributed by atoms with Gasteiger partial charge in [0.2, 0.25) is 0 Å². The molecular weight excluding hydrogens is 488 g/mol. The van der Waals surface area contributed by atoms with Gasteiger partial charge in [0.1, 0.15) is 5.75 Å². The fourth-order valence-corrected chi connectivity index (χ4v) is 5.29. The molecule has 0 atom stereocenters. The Morgan fingerprint density at radius 1 is 0.897 bits per heavy atom. The number of rotatable bonds is 9. The number of carboxylic acids is 1. The smallest absolute Gasteiger partial charge is 0.317 e. The minimum atomic E-state index is -0.997. The van der Waals surface area contributed by atoms with Gasteiger partial charge in [-0.25, -0.2) is 0 Å². The number of aromatic nitrogens is 1. The maximum Gasteiger partial charge on any atom is 0.317 e. The number of nitrogens with zero attached hydrogens (tertiary/aromatic N) is 1. The summed E-state index contributed by atoms with van der Waals surface area (Å²) in [6.45, 7) is 6.27. The topological polar surface area (TPSA) is 80.6 Å². The van der Waals surface area contributed by atoms with Gasteiger partial charge in [-0.3, -0.25) is 14.9 Å². The third kappa shape index (κ3) is 6.07. The van der Waals surface area contributed by atoms with Crippen LogP contribution >= 0.6 is 0 Å². The van der Waals surface area contributed by atoms with E-state index >= 15 is 0 Å². The number of hydrogen-bond donors (Lipinski definition) is 2. The van der Waals surface area contributed by atoms with Crippen molar-refractivity contribution in [2.24, 2.45) is 0 Å². The van der Waals surface area contributed by atoms with Gasteiger partial charge in [-0.05, 0) is 90.3 Å². The second-order valence-electron chi connectivity index (χ2n) is 11.4. The number of carboxylic acid groups (broad SMARTS) is 1. The molecule has 0 radical (unpaired) electrons. The van der Waals surface area contributed by atoms with E-state index in [0.29, 0.717) is 5.69 Å². The van der Waals surface area contributed by atoms with Crippen LogP contribution in [0.3, 0.4) is 0 Å². The van der Waals surface area contributed by atoms with Crippen molar-refractivity contribution in [1.29, 1.82) is 0 Å². The lowest BCUT2D eigenvalue weighted by atomic mass is 9.86. The minimum Gasteiger partial charge on any atom is -0.490 e. The monoisotopic (exact) mass is 524 g/mol. The van der Waals surface area contributed by atoms with Crippen molar-refractivity contribution in [3.05, 3.63) is 84.1 Å². The van der Waals surface area contributed by atoms with Crippen molar-refractivity contribution in [3.8, 4) is 22.6 Å². The number of carbonyl (C=O) groups is 2. The van der Waals surface area contributed by atoms with Gasteiger partial charge >= 0.3 is 5.97 Å². The summed E-state index contributed by atoms with van der Waals surface area (Å²) in [4.78, 5) is 24.2. The molecule has 0 unspecified atom stereocenters. The van der Waals surface area contributed by atoms with Crippen LogP contribution in [-0.2, 0) is 10.2 Å². The molecule has 2 N–H and O–H groups in total. The molecule has 3 aromatic carbocycles. The van der Waals surface area contributed by atoms with Crippen LogP contribution in [0, 0.1) is 0 Å². The fourth-order valence-electron chi connectivity index (χ4n) is 5.29. The lowest BCUT2D eigenvalue weighted by molar-refractivity contribution is -0.135.